The number of furan rings is 1. The molecular formula is C16H9BrIN3O5. The lowest BCUT2D eigenvalue weighted by atomic mass is 10.2. The zero-order valence-corrected chi connectivity index (χ0v) is 16.5. The highest BCUT2D eigenvalue weighted by molar-refractivity contribution is 14.1. The summed E-state index contributed by atoms with van der Waals surface area (Å²) in [6.45, 7) is 0. The van der Waals surface area contributed by atoms with E-state index in [0.717, 1.165) is 19.5 Å². The molecule has 2 aromatic carbocycles. The van der Waals surface area contributed by atoms with E-state index < -0.39 is 22.3 Å². The van der Waals surface area contributed by atoms with Gasteiger partial charge in [0.05, 0.1) is 14.7 Å². The molecular weight excluding hydrogens is 521 g/mol. The second-order valence-electron chi connectivity index (χ2n) is 5.12. The third kappa shape index (κ3) is 3.85. The number of hydrogen-bond acceptors (Lipinski definition) is 6. The van der Waals surface area contributed by atoms with Crippen LogP contribution < -0.4 is 5.43 Å². The van der Waals surface area contributed by atoms with Crippen LogP contribution in [-0.4, -0.2) is 22.2 Å². The second kappa shape index (κ2) is 7.41. The topological polar surface area (TPSA) is 118 Å². The zero-order valence-electron chi connectivity index (χ0n) is 12.8. The molecule has 3 rings (SSSR count). The van der Waals surface area contributed by atoms with E-state index in [-0.39, 0.29) is 5.76 Å². The van der Waals surface area contributed by atoms with Gasteiger partial charge in [-0.05, 0) is 52.9 Å². The van der Waals surface area contributed by atoms with Crippen LogP contribution in [0.2, 0.25) is 0 Å². The normalized spacial score (nSPS) is 11.2. The number of nitro groups is 1. The van der Waals surface area contributed by atoms with Gasteiger partial charge in [-0.1, -0.05) is 15.9 Å². The van der Waals surface area contributed by atoms with Gasteiger partial charge in [-0.15, -0.1) is 0 Å². The minimum absolute atomic E-state index is 0.0878. The molecule has 2 N–H and O–H groups in total. The van der Waals surface area contributed by atoms with E-state index in [1.165, 1.54) is 18.3 Å². The van der Waals surface area contributed by atoms with Crippen molar-refractivity contribution in [3.63, 3.8) is 0 Å². The number of carbonyl (C=O) groups excluding carboxylic acids is 1. The van der Waals surface area contributed by atoms with E-state index in [1.807, 2.05) is 12.1 Å². The number of phenolic OH excluding ortho intramolecular Hbond substituents is 1. The van der Waals surface area contributed by atoms with Crippen LogP contribution in [0, 0.1) is 13.7 Å². The van der Waals surface area contributed by atoms with E-state index in [0.29, 0.717) is 11.1 Å². The third-order valence-corrected chi connectivity index (χ3v) is 4.59. The predicted molar refractivity (Wildman–Crippen MR) is 106 cm³/mol. The quantitative estimate of drug-likeness (QED) is 0.227. The van der Waals surface area contributed by atoms with E-state index in [2.05, 4.69) is 49.0 Å². The minimum Gasteiger partial charge on any atom is -0.502 e. The number of hydrazone groups is 1. The highest BCUT2D eigenvalue weighted by Gasteiger charge is 2.15. The number of phenols is 1. The SMILES string of the molecule is O=C(N/N=C\c1ccc(O)c([N+](=O)[O-])c1)c1cc2cc(Br)cc(I)c2o1. The number of aromatic hydroxyl groups is 1. The Hall–Kier alpha value is -2.47. The van der Waals surface area contributed by atoms with Crippen LogP contribution in [0.25, 0.3) is 11.0 Å². The number of amides is 1. The van der Waals surface area contributed by atoms with Crippen LogP contribution in [-0.2, 0) is 0 Å². The number of fused-ring (bicyclic) bond motifs is 1. The summed E-state index contributed by atoms with van der Waals surface area (Å²) in [6, 6.07) is 9.05. The summed E-state index contributed by atoms with van der Waals surface area (Å²) in [4.78, 5) is 22.2. The smallest absolute Gasteiger partial charge is 0.311 e. The summed E-state index contributed by atoms with van der Waals surface area (Å²) in [5.41, 5.74) is 2.79. The molecule has 0 saturated heterocycles. The molecule has 3 aromatic rings. The molecule has 0 aliphatic carbocycles. The monoisotopic (exact) mass is 529 g/mol. The van der Waals surface area contributed by atoms with Gasteiger partial charge in [-0.3, -0.25) is 14.9 Å². The van der Waals surface area contributed by atoms with Gasteiger partial charge >= 0.3 is 11.6 Å². The average Bonchev–Trinajstić information content (AvgIpc) is 3.00. The first-order valence-corrected chi connectivity index (χ1v) is 8.92. The minimum atomic E-state index is -0.709. The number of nitrogens with zero attached hydrogens (tertiary/aromatic N) is 2. The van der Waals surface area contributed by atoms with Crippen LogP contribution in [0.15, 0.2) is 50.4 Å². The van der Waals surface area contributed by atoms with Crippen LogP contribution >= 0.6 is 38.5 Å². The van der Waals surface area contributed by atoms with Gasteiger partial charge in [0.1, 0.15) is 5.58 Å². The summed E-state index contributed by atoms with van der Waals surface area (Å²) in [7, 11) is 0. The number of benzene rings is 2. The summed E-state index contributed by atoms with van der Waals surface area (Å²) >= 11 is 5.49. The Bertz CT molecular complexity index is 1060. The van der Waals surface area contributed by atoms with Crippen molar-refractivity contribution in [1.82, 2.24) is 5.43 Å². The molecule has 0 radical (unpaired) electrons. The summed E-state index contributed by atoms with van der Waals surface area (Å²) < 4.78 is 7.27. The van der Waals surface area contributed by atoms with E-state index in [4.69, 9.17) is 4.42 Å². The Morgan fingerprint density at radius 3 is 2.85 bits per heavy atom. The maximum absolute atomic E-state index is 12.1. The molecule has 0 spiro atoms. The molecule has 8 nitrogen and oxygen atoms in total. The maximum Gasteiger partial charge on any atom is 0.311 e. The van der Waals surface area contributed by atoms with Crippen molar-refractivity contribution in [2.45, 2.75) is 0 Å². The summed E-state index contributed by atoms with van der Waals surface area (Å²) in [5, 5.41) is 24.7. The van der Waals surface area contributed by atoms with Crippen molar-refractivity contribution in [1.29, 1.82) is 0 Å². The Morgan fingerprint density at radius 1 is 1.35 bits per heavy atom. The number of nitrogens with one attached hydrogen (secondary N) is 1. The fourth-order valence-electron chi connectivity index (χ4n) is 2.18. The van der Waals surface area contributed by atoms with Gasteiger partial charge < -0.3 is 9.52 Å². The Kier molecular flexibility index (Phi) is 5.23. The maximum atomic E-state index is 12.1. The van der Waals surface area contributed by atoms with Gasteiger partial charge in [0.25, 0.3) is 0 Å². The number of carbonyl (C=O) groups is 1. The molecule has 1 amide bonds. The molecule has 0 unspecified atom stereocenters. The van der Waals surface area contributed by atoms with Crippen molar-refractivity contribution in [2.24, 2.45) is 5.10 Å². The lowest BCUT2D eigenvalue weighted by molar-refractivity contribution is -0.385. The van der Waals surface area contributed by atoms with Crippen LogP contribution in [0.5, 0.6) is 5.75 Å². The second-order valence-corrected chi connectivity index (χ2v) is 7.20. The van der Waals surface area contributed by atoms with E-state index in [9.17, 15) is 20.0 Å². The molecule has 0 bridgehead atoms. The van der Waals surface area contributed by atoms with Crippen molar-refractivity contribution >= 4 is 67.3 Å². The molecule has 10 heteroatoms. The van der Waals surface area contributed by atoms with Gasteiger partial charge in [-0.25, -0.2) is 5.43 Å². The number of nitro benzene ring substituents is 1. The van der Waals surface area contributed by atoms with Crippen LogP contribution in [0.4, 0.5) is 5.69 Å². The fraction of sp³-hybridized carbons (Fsp3) is 0. The molecule has 26 heavy (non-hydrogen) atoms. The van der Waals surface area contributed by atoms with Crippen molar-refractivity contribution < 1.29 is 19.2 Å². The van der Waals surface area contributed by atoms with E-state index >= 15 is 0 Å². The molecule has 0 saturated carbocycles. The standard InChI is InChI=1S/C16H9BrIN3O5/c17-10-4-9-5-14(26-15(9)11(18)6-10)16(23)20-19-7-8-1-2-13(22)12(3-8)21(24)25/h1-7,22H,(H,20,23)/b19-7-. The first-order valence-electron chi connectivity index (χ1n) is 7.04. The Labute approximate surface area is 168 Å². The lowest BCUT2D eigenvalue weighted by Gasteiger charge is -1.98. The van der Waals surface area contributed by atoms with E-state index in [1.54, 1.807) is 6.07 Å². The van der Waals surface area contributed by atoms with Crippen molar-refractivity contribution in [3.8, 4) is 5.75 Å². The van der Waals surface area contributed by atoms with Gasteiger partial charge in [0, 0.05) is 21.5 Å². The molecule has 1 aromatic heterocycles. The number of halogens is 2. The average molecular weight is 530 g/mol. The van der Waals surface area contributed by atoms with Gasteiger partial charge in [0.2, 0.25) is 0 Å². The molecule has 0 atom stereocenters. The van der Waals surface area contributed by atoms with Crippen LogP contribution in [0.3, 0.4) is 0 Å². The fourth-order valence-corrected chi connectivity index (χ4v) is 3.84. The van der Waals surface area contributed by atoms with Crippen molar-refractivity contribution in [3.05, 3.63) is 65.9 Å². The van der Waals surface area contributed by atoms with Gasteiger partial charge in [0.15, 0.2) is 11.5 Å². The highest BCUT2D eigenvalue weighted by Crippen LogP contribution is 2.28. The highest BCUT2D eigenvalue weighted by atomic mass is 127. The summed E-state index contributed by atoms with van der Waals surface area (Å²) in [6.07, 6.45) is 1.23. The summed E-state index contributed by atoms with van der Waals surface area (Å²) in [5.74, 6) is -0.915. The predicted octanol–water partition coefficient (Wildman–Crippen LogP) is 4.18. The Balaban J connectivity index is 1.77. The van der Waals surface area contributed by atoms with Crippen LogP contribution in [0.1, 0.15) is 16.1 Å². The molecule has 1 heterocycles. The molecule has 0 aliphatic rings. The molecule has 0 fully saturated rings. The number of hydrogen-bond donors (Lipinski definition) is 2. The molecule has 0 aliphatic heterocycles. The first kappa shape index (κ1) is 18.3. The van der Waals surface area contributed by atoms with Crippen molar-refractivity contribution in [2.75, 3.05) is 0 Å². The Morgan fingerprint density at radius 2 is 2.12 bits per heavy atom. The first-order chi connectivity index (χ1) is 12.3. The lowest BCUT2D eigenvalue weighted by Crippen LogP contribution is -2.16. The molecule has 132 valence electrons. The largest absolute Gasteiger partial charge is 0.502 e. The third-order valence-electron chi connectivity index (χ3n) is 3.34. The van der Waals surface area contributed by atoms with Gasteiger partial charge in [-0.2, -0.15) is 5.10 Å². The zero-order chi connectivity index (χ0) is 18.8. The number of rotatable bonds is 4.